The predicted octanol–water partition coefficient (Wildman–Crippen LogP) is 0.937. The number of carboxylic acids is 1. The van der Waals surface area contributed by atoms with Crippen LogP contribution in [0.2, 0.25) is 0 Å². The average molecular weight is 319 g/mol. The third-order valence-electron chi connectivity index (χ3n) is 3.53. The van der Waals surface area contributed by atoms with Crippen LogP contribution in [0.5, 0.6) is 0 Å². The number of carboxylic acid groups (broad SMARTS) is 1. The van der Waals surface area contributed by atoms with Crippen molar-refractivity contribution >= 4 is 11.9 Å². The van der Waals surface area contributed by atoms with Crippen LogP contribution in [-0.2, 0) is 9.53 Å². The van der Waals surface area contributed by atoms with E-state index in [1.54, 1.807) is 18.3 Å². The monoisotopic (exact) mass is 319 g/mol. The number of aromatic nitrogens is 2. The molecule has 3 rings (SSSR count). The Morgan fingerprint density at radius 2 is 2.00 bits per heavy atom. The molecule has 1 fully saturated rings. The van der Waals surface area contributed by atoms with Gasteiger partial charge in [0.25, 0.3) is 5.91 Å². The first kappa shape index (κ1) is 15.2. The Morgan fingerprint density at radius 1 is 1.26 bits per heavy atom. The zero-order chi connectivity index (χ0) is 16.4. The molecule has 1 aromatic heterocycles. The van der Waals surface area contributed by atoms with Crippen molar-refractivity contribution < 1.29 is 23.8 Å². The fourth-order valence-electron chi connectivity index (χ4n) is 2.32. The molecule has 1 aliphatic rings. The number of hydrogen-bond donors (Lipinski definition) is 1. The number of ether oxygens (including phenoxy) is 1. The van der Waals surface area contributed by atoms with E-state index in [1.165, 1.54) is 27.8 Å². The highest BCUT2D eigenvalue weighted by atomic mass is 19.1. The molecule has 0 aliphatic carbocycles. The summed E-state index contributed by atoms with van der Waals surface area (Å²) in [6, 6.07) is 7.24. The van der Waals surface area contributed by atoms with Crippen molar-refractivity contribution in [2.75, 3.05) is 19.7 Å². The molecule has 0 saturated carbocycles. The Morgan fingerprint density at radius 3 is 2.70 bits per heavy atom. The van der Waals surface area contributed by atoms with Gasteiger partial charge in [-0.15, -0.1) is 0 Å². The number of hydrogen-bond acceptors (Lipinski definition) is 4. The SMILES string of the molecule is O=C(O)[C@H]1CN(C(=O)c2ccn(-c3ccc(F)cc3)n2)CCO1. The normalized spacial score (nSPS) is 18.0. The molecule has 1 atom stereocenters. The first-order valence-electron chi connectivity index (χ1n) is 7.00. The molecule has 120 valence electrons. The summed E-state index contributed by atoms with van der Waals surface area (Å²) in [4.78, 5) is 24.8. The van der Waals surface area contributed by atoms with Crippen LogP contribution in [0.4, 0.5) is 4.39 Å². The number of aliphatic carboxylic acids is 1. The minimum Gasteiger partial charge on any atom is -0.479 e. The van der Waals surface area contributed by atoms with Crippen molar-refractivity contribution in [1.82, 2.24) is 14.7 Å². The number of benzene rings is 1. The first-order valence-corrected chi connectivity index (χ1v) is 7.00. The van der Waals surface area contributed by atoms with Crippen molar-refractivity contribution in [3.05, 3.63) is 48.0 Å². The van der Waals surface area contributed by atoms with Gasteiger partial charge in [0.05, 0.1) is 18.8 Å². The second kappa shape index (κ2) is 6.17. The molecule has 1 N–H and O–H groups in total. The Hall–Kier alpha value is -2.74. The van der Waals surface area contributed by atoms with E-state index < -0.39 is 12.1 Å². The van der Waals surface area contributed by atoms with Crippen molar-refractivity contribution in [3.8, 4) is 5.69 Å². The lowest BCUT2D eigenvalue weighted by Gasteiger charge is -2.30. The molecule has 0 unspecified atom stereocenters. The van der Waals surface area contributed by atoms with E-state index in [9.17, 15) is 14.0 Å². The molecule has 1 aromatic carbocycles. The molecule has 1 amide bonds. The van der Waals surface area contributed by atoms with Crippen molar-refractivity contribution in [3.63, 3.8) is 0 Å². The summed E-state index contributed by atoms with van der Waals surface area (Å²) in [5.41, 5.74) is 0.816. The second-order valence-electron chi connectivity index (χ2n) is 5.07. The minimum absolute atomic E-state index is 0.0163. The van der Waals surface area contributed by atoms with E-state index in [4.69, 9.17) is 9.84 Å². The van der Waals surface area contributed by atoms with Gasteiger partial charge < -0.3 is 14.7 Å². The van der Waals surface area contributed by atoms with E-state index in [0.717, 1.165) is 0 Å². The van der Waals surface area contributed by atoms with E-state index >= 15 is 0 Å². The highest BCUT2D eigenvalue weighted by Gasteiger charge is 2.30. The number of nitrogens with zero attached hydrogens (tertiary/aromatic N) is 3. The van der Waals surface area contributed by atoms with Gasteiger partial charge in [-0.3, -0.25) is 4.79 Å². The summed E-state index contributed by atoms with van der Waals surface area (Å²) in [5.74, 6) is -1.81. The minimum atomic E-state index is -1.10. The molecule has 1 saturated heterocycles. The maximum absolute atomic E-state index is 12.9. The maximum atomic E-state index is 12.9. The molecule has 0 bridgehead atoms. The fourth-order valence-corrected chi connectivity index (χ4v) is 2.32. The van der Waals surface area contributed by atoms with Crippen LogP contribution in [0.3, 0.4) is 0 Å². The van der Waals surface area contributed by atoms with Crippen LogP contribution in [-0.4, -0.2) is 57.5 Å². The number of carbonyl (C=O) groups is 2. The molecule has 2 aromatic rings. The zero-order valence-electron chi connectivity index (χ0n) is 12.1. The van der Waals surface area contributed by atoms with Gasteiger partial charge in [-0.2, -0.15) is 5.10 Å². The standard InChI is InChI=1S/C15H14FN3O4/c16-10-1-3-11(4-2-10)19-6-5-12(17-19)14(20)18-7-8-23-13(9-18)15(21)22/h1-6,13H,7-9H2,(H,21,22)/t13-/m1/s1. The molecule has 2 heterocycles. The van der Waals surface area contributed by atoms with Crippen LogP contribution >= 0.6 is 0 Å². The number of halogens is 1. The number of morpholine rings is 1. The van der Waals surface area contributed by atoms with Gasteiger partial charge in [0, 0.05) is 12.7 Å². The Kier molecular flexibility index (Phi) is 4.07. The summed E-state index contributed by atoms with van der Waals surface area (Å²) in [5, 5.41) is 13.1. The van der Waals surface area contributed by atoms with E-state index in [0.29, 0.717) is 12.2 Å². The smallest absolute Gasteiger partial charge is 0.334 e. The van der Waals surface area contributed by atoms with Crippen LogP contribution in [0.1, 0.15) is 10.5 Å². The summed E-state index contributed by atoms with van der Waals surface area (Å²) < 4.78 is 19.5. The van der Waals surface area contributed by atoms with Crippen molar-refractivity contribution in [1.29, 1.82) is 0 Å². The lowest BCUT2D eigenvalue weighted by Crippen LogP contribution is -2.48. The van der Waals surface area contributed by atoms with E-state index in [1.807, 2.05) is 0 Å². The highest BCUT2D eigenvalue weighted by Crippen LogP contribution is 2.12. The van der Waals surface area contributed by atoms with Crippen molar-refractivity contribution in [2.45, 2.75) is 6.10 Å². The van der Waals surface area contributed by atoms with E-state index in [2.05, 4.69) is 5.10 Å². The molecule has 1 aliphatic heterocycles. The van der Waals surface area contributed by atoms with Gasteiger partial charge in [-0.1, -0.05) is 0 Å². The van der Waals surface area contributed by atoms with E-state index in [-0.39, 0.29) is 30.6 Å². The summed E-state index contributed by atoms with van der Waals surface area (Å²) >= 11 is 0. The first-order chi connectivity index (χ1) is 11.0. The Labute approximate surface area is 130 Å². The van der Waals surface area contributed by atoms with Crippen LogP contribution < -0.4 is 0 Å². The molecule has 7 nitrogen and oxygen atoms in total. The topological polar surface area (TPSA) is 84.7 Å². The average Bonchev–Trinajstić information content (AvgIpc) is 3.05. The lowest BCUT2D eigenvalue weighted by molar-refractivity contribution is -0.154. The molecular formula is C15H14FN3O4. The summed E-state index contributed by atoms with van der Waals surface area (Å²) in [6.45, 7) is 0.463. The molecule has 23 heavy (non-hydrogen) atoms. The largest absolute Gasteiger partial charge is 0.479 e. The Balaban J connectivity index is 1.75. The van der Waals surface area contributed by atoms with Gasteiger partial charge >= 0.3 is 5.97 Å². The van der Waals surface area contributed by atoms with Crippen LogP contribution in [0, 0.1) is 5.82 Å². The van der Waals surface area contributed by atoms with Gasteiger partial charge in [0.15, 0.2) is 11.8 Å². The molecule has 0 spiro atoms. The third kappa shape index (κ3) is 3.21. The second-order valence-corrected chi connectivity index (χ2v) is 5.07. The molecule has 0 radical (unpaired) electrons. The van der Waals surface area contributed by atoms with Crippen molar-refractivity contribution in [2.24, 2.45) is 0 Å². The molecular weight excluding hydrogens is 305 g/mol. The predicted molar refractivity (Wildman–Crippen MR) is 76.8 cm³/mol. The number of carbonyl (C=O) groups excluding carboxylic acids is 1. The van der Waals surface area contributed by atoms with Crippen LogP contribution in [0.15, 0.2) is 36.5 Å². The highest BCUT2D eigenvalue weighted by molar-refractivity contribution is 5.92. The van der Waals surface area contributed by atoms with Gasteiger partial charge in [0.2, 0.25) is 0 Å². The fraction of sp³-hybridized carbons (Fsp3) is 0.267. The summed E-state index contributed by atoms with van der Waals surface area (Å²) in [7, 11) is 0. The summed E-state index contributed by atoms with van der Waals surface area (Å²) in [6.07, 6.45) is 0.571. The van der Waals surface area contributed by atoms with Gasteiger partial charge in [-0.05, 0) is 30.3 Å². The quantitative estimate of drug-likeness (QED) is 0.910. The number of amides is 1. The van der Waals surface area contributed by atoms with Gasteiger partial charge in [-0.25, -0.2) is 13.9 Å². The Bertz CT molecular complexity index is 729. The van der Waals surface area contributed by atoms with Gasteiger partial charge in [0.1, 0.15) is 5.82 Å². The lowest BCUT2D eigenvalue weighted by atomic mass is 10.2. The zero-order valence-corrected chi connectivity index (χ0v) is 12.1. The number of rotatable bonds is 3. The van der Waals surface area contributed by atoms with Crippen LogP contribution in [0.25, 0.3) is 5.69 Å². The molecule has 8 heteroatoms. The third-order valence-corrected chi connectivity index (χ3v) is 3.53. The maximum Gasteiger partial charge on any atom is 0.334 e.